The van der Waals surface area contributed by atoms with Crippen LogP contribution in [0.5, 0.6) is 0 Å². The van der Waals surface area contributed by atoms with Crippen molar-refractivity contribution >= 4 is 38.2 Å². The Kier molecular flexibility index (Phi) is 4.09. The van der Waals surface area contributed by atoms with E-state index in [0.29, 0.717) is 35.9 Å². The molecule has 0 bridgehead atoms. The summed E-state index contributed by atoms with van der Waals surface area (Å²) in [7, 11) is -3.35. The zero-order valence-corrected chi connectivity index (χ0v) is 15.0. The van der Waals surface area contributed by atoms with Crippen LogP contribution in [0.4, 0.5) is 5.82 Å². The third-order valence-corrected chi connectivity index (χ3v) is 6.34. The van der Waals surface area contributed by atoms with Crippen LogP contribution in [0.15, 0.2) is 17.0 Å². The number of hydrogen-bond acceptors (Lipinski definition) is 10. The number of rotatable bonds is 4. The molecule has 0 aromatic carbocycles. The van der Waals surface area contributed by atoms with Gasteiger partial charge in [0, 0.05) is 19.3 Å². The van der Waals surface area contributed by atoms with Gasteiger partial charge in [0.15, 0.2) is 17.0 Å². The quantitative estimate of drug-likeness (QED) is 0.614. The molecule has 12 heteroatoms. The monoisotopic (exact) mass is 381 g/mol. The molecular weight excluding hydrogens is 366 g/mol. The van der Waals surface area contributed by atoms with Crippen molar-refractivity contribution in [1.82, 2.24) is 29.7 Å². The van der Waals surface area contributed by atoms with E-state index in [1.165, 1.54) is 6.33 Å². The number of aromatic nitrogens is 6. The van der Waals surface area contributed by atoms with Crippen molar-refractivity contribution in [2.45, 2.75) is 10.9 Å². The highest BCUT2D eigenvalue weighted by atomic mass is 32.2. The van der Waals surface area contributed by atoms with Crippen molar-refractivity contribution in [3.05, 3.63) is 17.7 Å². The van der Waals surface area contributed by atoms with Gasteiger partial charge in [0.05, 0.1) is 26.1 Å². The minimum Gasteiger partial charge on any atom is -0.378 e. The molecule has 0 atom stereocenters. The lowest BCUT2D eigenvalue weighted by Gasteiger charge is -2.27. The molecule has 0 unspecified atom stereocenters. The molecule has 0 amide bonds. The van der Waals surface area contributed by atoms with E-state index in [1.54, 1.807) is 6.33 Å². The van der Waals surface area contributed by atoms with Crippen LogP contribution < -0.4 is 4.90 Å². The molecule has 0 aliphatic carbocycles. The number of anilines is 1. The van der Waals surface area contributed by atoms with Gasteiger partial charge in [-0.3, -0.25) is 0 Å². The number of nitrogens with zero attached hydrogens (tertiary/aromatic N) is 7. The third kappa shape index (κ3) is 3.19. The van der Waals surface area contributed by atoms with Gasteiger partial charge in [-0.25, -0.2) is 23.4 Å². The Hall–Kier alpha value is -2.18. The lowest BCUT2D eigenvalue weighted by atomic mass is 10.4. The minimum atomic E-state index is -3.35. The van der Waals surface area contributed by atoms with Gasteiger partial charge in [0.25, 0.3) is 0 Å². The first-order chi connectivity index (χ1) is 12.0. The highest BCUT2D eigenvalue weighted by Crippen LogP contribution is 2.23. The average Bonchev–Trinajstić information content (AvgIpc) is 3.23. The molecule has 0 radical (unpaired) electrons. The van der Waals surface area contributed by atoms with E-state index in [1.807, 2.05) is 4.57 Å². The fourth-order valence-corrected chi connectivity index (χ4v) is 4.24. The van der Waals surface area contributed by atoms with Gasteiger partial charge in [-0.05, 0) is 0 Å². The van der Waals surface area contributed by atoms with Crippen LogP contribution >= 0.6 is 11.3 Å². The highest BCUT2D eigenvalue weighted by molar-refractivity contribution is 7.92. The van der Waals surface area contributed by atoms with Gasteiger partial charge in [-0.2, -0.15) is 0 Å². The van der Waals surface area contributed by atoms with Gasteiger partial charge in [-0.1, -0.05) is 11.3 Å². The summed E-state index contributed by atoms with van der Waals surface area (Å²) in [5.74, 6) is 0.779. The Morgan fingerprint density at radius 2 is 2.00 bits per heavy atom. The Balaban J connectivity index is 1.66. The van der Waals surface area contributed by atoms with Crippen LogP contribution in [0, 0.1) is 0 Å². The number of fused-ring (bicyclic) bond motifs is 1. The zero-order chi connectivity index (χ0) is 17.4. The van der Waals surface area contributed by atoms with Crippen LogP contribution in [0.25, 0.3) is 11.2 Å². The molecule has 1 aliphatic rings. The summed E-state index contributed by atoms with van der Waals surface area (Å²) < 4.78 is 30.3. The minimum absolute atomic E-state index is 0.00977. The maximum atomic E-state index is 11.5. The van der Waals surface area contributed by atoms with E-state index in [4.69, 9.17) is 4.74 Å². The Bertz CT molecular complexity index is 1010. The van der Waals surface area contributed by atoms with E-state index < -0.39 is 9.84 Å². The fourth-order valence-electron chi connectivity index (χ4n) is 2.59. The van der Waals surface area contributed by atoms with E-state index in [-0.39, 0.29) is 4.34 Å². The standard InChI is InChI=1S/C13H15N7O3S2/c1-25(21,22)13-18-17-9(24-13)6-20-8-16-10-11(14-7-15-12(10)20)19-2-4-23-5-3-19/h7-8H,2-6H2,1H3. The average molecular weight is 381 g/mol. The van der Waals surface area contributed by atoms with E-state index in [9.17, 15) is 8.42 Å². The molecule has 1 aliphatic heterocycles. The second kappa shape index (κ2) is 6.28. The first-order valence-corrected chi connectivity index (χ1v) is 10.2. The third-order valence-electron chi connectivity index (χ3n) is 3.76. The summed E-state index contributed by atoms with van der Waals surface area (Å²) >= 11 is 1.05. The fraction of sp³-hybridized carbons (Fsp3) is 0.462. The maximum absolute atomic E-state index is 11.5. The summed E-state index contributed by atoms with van der Waals surface area (Å²) in [6, 6.07) is 0. The molecule has 132 valence electrons. The molecule has 3 aromatic rings. The van der Waals surface area contributed by atoms with Crippen LogP contribution in [0.2, 0.25) is 0 Å². The Morgan fingerprint density at radius 1 is 1.20 bits per heavy atom. The molecule has 0 saturated carbocycles. The number of sulfone groups is 1. The summed E-state index contributed by atoms with van der Waals surface area (Å²) in [4.78, 5) is 15.2. The van der Waals surface area contributed by atoms with E-state index >= 15 is 0 Å². The predicted octanol–water partition coefficient (Wildman–Crippen LogP) is -0.0338. The van der Waals surface area contributed by atoms with E-state index in [2.05, 4.69) is 30.0 Å². The van der Waals surface area contributed by atoms with Crippen molar-refractivity contribution in [2.75, 3.05) is 37.5 Å². The van der Waals surface area contributed by atoms with Crippen molar-refractivity contribution in [3.8, 4) is 0 Å². The molecule has 1 saturated heterocycles. The summed E-state index contributed by atoms with van der Waals surface area (Å²) in [6.45, 7) is 3.18. The normalized spacial score (nSPS) is 15.8. The SMILES string of the molecule is CS(=O)(=O)c1nnc(Cn2cnc3c(N4CCOCC4)ncnc32)s1. The molecular formula is C13H15N7O3S2. The van der Waals surface area contributed by atoms with E-state index in [0.717, 1.165) is 36.5 Å². The van der Waals surface area contributed by atoms with Gasteiger partial charge in [0.2, 0.25) is 14.2 Å². The smallest absolute Gasteiger partial charge is 0.232 e. The summed E-state index contributed by atoms with van der Waals surface area (Å²) in [5, 5.41) is 8.25. The van der Waals surface area contributed by atoms with Crippen molar-refractivity contribution in [3.63, 3.8) is 0 Å². The van der Waals surface area contributed by atoms with Crippen molar-refractivity contribution < 1.29 is 13.2 Å². The summed E-state index contributed by atoms with van der Waals surface area (Å²) in [5.41, 5.74) is 1.38. The first kappa shape index (κ1) is 16.3. The van der Waals surface area contributed by atoms with Gasteiger partial charge in [-0.15, -0.1) is 10.2 Å². The van der Waals surface area contributed by atoms with Crippen molar-refractivity contribution in [1.29, 1.82) is 0 Å². The number of hydrogen-bond donors (Lipinski definition) is 0. The second-order valence-corrected chi connectivity index (χ2v) is 8.83. The molecule has 0 N–H and O–H groups in total. The lowest BCUT2D eigenvalue weighted by molar-refractivity contribution is 0.122. The molecule has 3 aromatic heterocycles. The Labute approximate surface area is 147 Å². The molecule has 10 nitrogen and oxygen atoms in total. The van der Waals surface area contributed by atoms with Crippen molar-refractivity contribution in [2.24, 2.45) is 0 Å². The molecule has 4 rings (SSSR count). The number of imidazole rings is 1. The van der Waals surface area contributed by atoms with Gasteiger partial charge < -0.3 is 14.2 Å². The van der Waals surface area contributed by atoms with Gasteiger partial charge in [0.1, 0.15) is 11.3 Å². The molecule has 0 spiro atoms. The molecule has 4 heterocycles. The second-order valence-electron chi connectivity index (χ2n) is 5.58. The number of morpholine rings is 1. The highest BCUT2D eigenvalue weighted by Gasteiger charge is 2.19. The summed E-state index contributed by atoms with van der Waals surface area (Å²) in [6.07, 6.45) is 4.28. The predicted molar refractivity (Wildman–Crippen MR) is 90.5 cm³/mol. The van der Waals surface area contributed by atoms with Crippen LogP contribution in [-0.2, 0) is 21.1 Å². The van der Waals surface area contributed by atoms with Crippen LogP contribution in [-0.4, -0.2) is 70.7 Å². The first-order valence-electron chi connectivity index (χ1n) is 7.53. The maximum Gasteiger partial charge on any atom is 0.232 e. The Morgan fingerprint density at radius 3 is 2.72 bits per heavy atom. The topological polar surface area (TPSA) is 116 Å². The van der Waals surface area contributed by atoms with Crippen LogP contribution in [0.1, 0.15) is 5.01 Å². The van der Waals surface area contributed by atoms with Crippen LogP contribution in [0.3, 0.4) is 0 Å². The lowest BCUT2D eigenvalue weighted by Crippen LogP contribution is -2.36. The molecule has 1 fully saturated rings. The molecule has 25 heavy (non-hydrogen) atoms. The largest absolute Gasteiger partial charge is 0.378 e. The van der Waals surface area contributed by atoms with Gasteiger partial charge >= 0.3 is 0 Å². The number of ether oxygens (including phenoxy) is 1. The zero-order valence-electron chi connectivity index (χ0n) is 13.4.